The van der Waals surface area contributed by atoms with E-state index in [4.69, 9.17) is 14.2 Å². The molecule has 1 fully saturated rings. The van der Waals surface area contributed by atoms with Crippen LogP contribution in [0.5, 0.6) is 0 Å². The Balaban J connectivity index is 1.39. The minimum absolute atomic E-state index is 0.0147. The first kappa shape index (κ1) is 64.2. The van der Waals surface area contributed by atoms with Crippen LogP contribution in [0, 0.1) is 23.7 Å². The molecule has 9 atom stereocenters. The number of hydrazone groups is 1. The molecule has 2 aromatic rings. The number of hydrogen-bond donors (Lipinski definition) is 3. The molecule has 4 rings (SSSR count). The van der Waals surface area contributed by atoms with E-state index in [2.05, 4.69) is 21.2 Å². The van der Waals surface area contributed by atoms with E-state index in [1.807, 2.05) is 90.9 Å². The molecule has 2 aromatic carbocycles. The summed E-state index contributed by atoms with van der Waals surface area (Å²) in [7, 11) is 8.49. The highest BCUT2D eigenvalue weighted by Gasteiger charge is 2.43. The van der Waals surface area contributed by atoms with E-state index in [0.29, 0.717) is 69.3 Å². The number of hydrogen-bond acceptors (Lipinski definition) is 13. The van der Waals surface area contributed by atoms with Gasteiger partial charge >= 0.3 is 5.97 Å². The van der Waals surface area contributed by atoms with Gasteiger partial charge in [-0.05, 0) is 94.1 Å². The second-order valence-electron chi connectivity index (χ2n) is 21.7. The van der Waals surface area contributed by atoms with Gasteiger partial charge in [-0.1, -0.05) is 104 Å². The van der Waals surface area contributed by atoms with Crippen molar-refractivity contribution in [3.05, 3.63) is 83.4 Å². The van der Waals surface area contributed by atoms with Gasteiger partial charge in [-0.25, -0.2) is 10.2 Å². The lowest BCUT2D eigenvalue weighted by Gasteiger charge is -2.41. The minimum Gasteiger partial charge on any atom is -0.460 e. The van der Waals surface area contributed by atoms with Crippen molar-refractivity contribution in [2.45, 2.75) is 156 Å². The highest BCUT2D eigenvalue weighted by molar-refractivity contribution is 6.12. The number of nitrogens with one attached hydrogen (secondary N) is 3. The van der Waals surface area contributed by atoms with E-state index in [1.54, 1.807) is 62.1 Å². The molecule has 78 heavy (non-hydrogen) atoms. The topological polar surface area (TPSA) is 226 Å². The van der Waals surface area contributed by atoms with Crippen molar-refractivity contribution < 1.29 is 52.6 Å². The van der Waals surface area contributed by atoms with Crippen molar-refractivity contribution in [2.24, 2.45) is 28.8 Å². The summed E-state index contributed by atoms with van der Waals surface area (Å²) >= 11 is 0. The maximum atomic E-state index is 14.5. The van der Waals surface area contributed by atoms with Crippen LogP contribution < -0.4 is 16.1 Å². The van der Waals surface area contributed by atoms with Gasteiger partial charge in [0.2, 0.25) is 29.5 Å². The van der Waals surface area contributed by atoms with Crippen LogP contribution in [0.15, 0.2) is 71.9 Å². The number of carbonyl (C=O) groups is 8. The van der Waals surface area contributed by atoms with Crippen LogP contribution in [0.3, 0.4) is 0 Å². The molecule has 0 aliphatic carbocycles. The van der Waals surface area contributed by atoms with Gasteiger partial charge in [0.1, 0.15) is 12.6 Å². The fourth-order valence-corrected chi connectivity index (χ4v) is 10.6. The number of esters is 1. The van der Waals surface area contributed by atoms with Gasteiger partial charge < -0.3 is 34.6 Å². The first-order valence-electron chi connectivity index (χ1n) is 27.6. The Morgan fingerprint density at radius 1 is 0.795 bits per heavy atom. The zero-order chi connectivity index (χ0) is 57.8. The number of ether oxygens (including phenoxy) is 3. The van der Waals surface area contributed by atoms with E-state index in [-0.39, 0.29) is 84.1 Å². The predicted octanol–water partition coefficient (Wildman–Crippen LogP) is 5.54. The Morgan fingerprint density at radius 3 is 2.01 bits per heavy atom. The highest BCUT2D eigenvalue weighted by Crippen LogP contribution is 2.30. The van der Waals surface area contributed by atoms with E-state index in [1.165, 1.54) is 24.2 Å². The molecule has 0 aromatic heterocycles. The number of unbranched alkanes of at least 4 members (excludes halogenated alkanes) is 2. The molecule has 2 aliphatic rings. The van der Waals surface area contributed by atoms with Crippen LogP contribution in [-0.2, 0) is 54.2 Å². The first-order chi connectivity index (χ1) is 37.0. The normalized spacial score (nSPS) is 17.8. The lowest BCUT2D eigenvalue weighted by molar-refractivity contribution is -0.148. The Morgan fingerprint density at radius 2 is 1.44 bits per heavy atom. The van der Waals surface area contributed by atoms with Crippen LogP contribution in [0.1, 0.15) is 128 Å². The summed E-state index contributed by atoms with van der Waals surface area (Å²) in [6.45, 7) is 15.9. The van der Waals surface area contributed by atoms with Gasteiger partial charge in [0.25, 0.3) is 11.8 Å². The van der Waals surface area contributed by atoms with E-state index in [9.17, 15) is 38.4 Å². The van der Waals surface area contributed by atoms with E-state index >= 15 is 0 Å². The summed E-state index contributed by atoms with van der Waals surface area (Å²) in [4.78, 5) is 113. The number of likely N-dealkylation sites (tertiary alicyclic amines) is 1. The Labute approximate surface area is 462 Å². The molecule has 3 N–H and O–H groups in total. The second-order valence-corrected chi connectivity index (χ2v) is 21.7. The molecule has 0 spiro atoms. The average Bonchev–Trinajstić information content (AvgIpc) is 4.04. The van der Waals surface area contributed by atoms with Crippen molar-refractivity contribution in [1.82, 2.24) is 35.7 Å². The average molecular weight is 1090 g/mol. The molecule has 19 nitrogen and oxygen atoms in total. The molecule has 8 unspecified atom stereocenters. The standard InChI is InChI=1S/C59H88N8O11/c1-14-39(6)54(65(11)58(74)52(37(2)3)61-57(73)53(38(4)5)64(9)10)47(76-12)35-51(71)66-33-21-24-46(66)55(77-13)40(7)56(72)60-45(34-42-22-17-15-18-23-42)36-78-59(75)44-28-26-43(27-29-44)41(8)62-63-48(68)25-19-16-20-32-67-49(69)30-31-50(67)70/h15,17-18,22-23,26-31,37-40,45-47,52-55H,14,16,19-21,24-25,32-36H2,1-13H3,(H,60,72)(H,61,73)(H,63,68)/b62-41-/t39?,40?,45?,46?,47?,52-,53?,54?,55?/m0/s1. The summed E-state index contributed by atoms with van der Waals surface area (Å²) in [6.07, 6.45) is 5.51. The number of imide groups is 1. The second kappa shape index (κ2) is 31.3. The van der Waals surface area contributed by atoms with Crippen molar-refractivity contribution in [1.29, 1.82) is 0 Å². The number of carbonyl (C=O) groups excluding carboxylic acids is 8. The number of nitrogens with zero attached hydrogens (tertiary/aromatic N) is 5. The van der Waals surface area contributed by atoms with Gasteiger partial charge in [-0.2, -0.15) is 5.10 Å². The van der Waals surface area contributed by atoms with Crippen molar-refractivity contribution in [2.75, 3.05) is 55.1 Å². The molecule has 0 radical (unpaired) electrons. The van der Waals surface area contributed by atoms with E-state index < -0.39 is 54.3 Å². The Kier molecular flexibility index (Phi) is 25.8. The van der Waals surface area contributed by atoms with Crippen molar-refractivity contribution in [3.8, 4) is 0 Å². The fraction of sp³-hybridized carbons (Fsp3) is 0.610. The molecule has 19 heteroatoms. The molecule has 7 amide bonds. The first-order valence-corrected chi connectivity index (χ1v) is 27.6. The maximum Gasteiger partial charge on any atom is 0.338 e. The van der Waals surface area contributed by atoms with Crippen LogP contribution in [0.2, 0.25) is 0 Å². The molecule has 0 saturated carbocycles. The Bertz CT molecular complexity index is 2370. The summed E-state index contributed by atoms with van der Waals surface area (Å²) in [5, 5.41) is 10.4. The van der Waals surface area contributed by atoms with Crippen LogP contribution in [0.4, 0.5) is 0 Å². The van der Waals surface area contributed by atoms with Gasteiger partial charge in [-0.3, -0.25) is 43.4 Å². The highest BCUT2D eigenvalue weighted by atomic mass is 16.5. The molecule has 1 saturated heterocycles. The number of rotatable bonds is 31. The van der Waals surface area contributed by atoms with Crippen molar-refractivity contribution >= 4 is 53.0 Å². The Hall–Kier alpha value is -6.31. The fourth-order valence-electron chi connectivity index (χ4n) is 10.6. The zero-order valence-corrected chi connectivity index (χ0v) is 48.4. The minimum atomic E-state index is -0.803. The van der Waals surface area contributed by atoms with Gasteiger partial charge in [-0.15, -0.1) is 0 Å². The van der Waals surface area contributed by atoms with Crippen LogP contribution in [0.25, 0.3) is 0 Å². The van der Waals surface area contributed by atoms with Gasteiger partial charge in [0, 0.05) is 52.9 Å². The maximum absolute atomic E-state index is 14.5. The molecular formula is C59H88N8O11. The molecule has 2 aliphatic heterocycles. The molecule has 0 bridgehead atoms. The SMILES string of the molecule is CCC(C)C(C(CC(=O)N1CCCC1C(OC)C(C)C(=O)NC(COC(=O)c1ccc(/C(C)=N\NC(=O)CCCCCN2C(=O)C=CC2=O)cc1)Cc1ccccc1)OC)N(C)C(=O)[C@@H](NC(=O)C(C(C)C)N(C)C)C(C)C. The largest absolute Gasteiger partial charge is 0.460 e. The smallest absolute Gasteiger partial charge is 0.338 e. The predicted molar refractivity (Wildman–Crippen MR) is 299 cm³/mol. The quantitative estimate of drug-likeness (QED) is 0.0278. The van der Waals surface area contributed by atoms with Crippen LogP contribution in [-0.4, -0.2) is 170 Å². The third-order valence-electron chi connectivity index (χ3n) is 15.1. The number of amides is 7. The third kappa shape index (κ3) is 18.1. The summed E-state index contributed by atoms with van der Waals surface area (Å²) < 4.78 is 18.0. The summed E-state index contributed by atoms with van der Waals surface area (Å²) in [5.74, 6) is -3.52. The summed E-state index contributed by atoms with van der Waals surface area (Å²) in [5.41, 5.74) is 4.95. The monoisotopic (exact) mass is 1080 g/mol. The molecule has 430 valence electrons. The zero-order valence-electron chi connectivity index (χ0n) is 48.4. The third-order valence-corrected chi connectivity index (χ3v) is 15.1. The molecular weight excluding hydrogens is 997 g/mol. The lowest BCUT2D eigenvalue weighted by atomic mass is 9.89. The van der Waals surface area contributed by atoms with Gasteiger partial charge in [0.05, 0.1) is 60.0 Å². The van der Waals surface area contributed by atoms with Crippen LogP contribution >= 0.6 is 0 Å². The molecule has 2 heterocycles. The van der Waals surface area contributed by atoms with Crippen molar-refractivity contribution in [3.63, 3.8) is 0 Å². The van der Waals surface area contributed by atoms with E-state index in [0.717, 1.165) is 5.56 Å². The summed E-state index contributed by atoms with van der Waals surface area (Å²) in [6, 6.07) is 13.4. The number of likely N-dealkylation sites (N-methyl/N-ethyl adjacent to an activating group) is 2. The number of benzene rings is 2. The lowest BCUT2D eigenvalue weighted by Crippen LogP contribution is -2.59. The number of methoxy groups -OCH3 is 2. The van der Waals surface area contributed by atoms with Gasteiger partial charge in [0.15, 0.2) is 0 Å².